The van der Waals surface area contributed by atoms with Crippen LogP contribution >= 0.6 is 15.9 Å². The average molecular weight is 337 g/mol. The molecule has 6 heteroatoms. The number of benzene rings is 1. The van der Waals surface area contributed by atoms with Gasteiger partial charge in [0.1, 0.15) is 5.76 Å². The van der Waals surface area contributed by atoms with Gasteiger partial charge in [-0.25, -0.2) is 5.43 Å². The first kappa shape index (κ1) is 14.5. The summed E-state index contributed by atoms with van der Waals surface area (Å²) in [6.45, 7) is 0. The van der Waals surface area contributed by atoms with Crippen LogP contribution in [0, 0.1) is 0 Å². The fraction of sp³-hybridized carbons (Fsp3) is 0.143. The largest absolute Gasteiger partial charge is 0.448 e. The predicted molar refractivity (Wildman–Crippen MR) is 78.3 cm³/mol. The van der Waals surface area contributed by atoms with Crippen molar-refractivity contribution in [3.05, 3.63) is 58.5 Å². The molecular formula is C14H13BrN2O3. The number of nitrogens with zero attached hydrogens (tertiary/aromatic N) is 1. The topological polar surface area (TPSA) is 63.8 Å². The van der Waals surface area contributed by atoms with Crippen molar-refractivity contribution in [1.82, 2.24) is 5.43 Å². The van der Waals surface area contributed by atoms with Gasteiger partial charge in [0, 0.05) is 7.11 Å². The van der Waals surface area contributed by atoms with E-state index in [0.717, 1.165) is 5.56 Å². The van der Waals surface area contributed by atoms with Crippen LogP contribution in [0.5, 0.6) is 0 Å². The van der Waals surface area contributed by atoms with E-state index in [1.165, 1.54) is 13.3 Å². The van der Waals surface area contributed by atoms with Crippen molar-refractivity contribution in [2.45, 2.75) is 6.10 Å². The molecule has 1 aromatic carbocycles. The second-order valence-electron chi connectivity index (χ2n) is 3.90. The summed E-state index contributed by atoms with van der Waals surface area (Å²) in [6.07, 6.45) is 0.720. The van der Waals surface area contributed by atoms with Crippen LogP contribution in [-0.2, 0) is 9.53 Å². The van der Waals surface area contributed by atoms with Crippen molar-refractivity contribution in [2.24, 2.45) is 5.10 Å². The zero-order chi connectivity index (χ0) is 14.4. The molecular weight excluding hydrogens is 324 g/mol. The van der Waals surface area contributed by atoms with E-state index in [9.17, 15) is 4.79 Å². The van der Waals surface area contributed by atoms with Crippen molar-refractivity contribution in [3.63, 3.8) is 0 Å². The molecule has 2 aromatic rings. The Morgan fingerprint density at radius 3 is 2.70 bits per heavy atom. The van der Waals surface area contributed by atoms with Gasteiger partial charge in [-0.1, -0.05) is 30.3 Å². The van der Waals surface area contributed by atoms with Crippen molar-refractivity contribution in [1.29, 1.82) is 0 Å². The molecule has 0 radical (unpaired) electrons. The Balaban J connectivity index is 1.98. The second kappa shape index (κ2) is 7.02. The summed E-state index contributed by atoms with van der Waals surface area (Å²) in [5.74, 6) is 0.187. The molecule has 1 aromatic heterocycles. The van der Waals surface area contributed by atoms with E-state index in [4.69, 9.17) is 9.15 Å². The number of hydrogen-bond donors (Lipinski definition) is 1. The minimum Gasteiger partial charge on any atom is -0.448 e. The quantitative estimate of drug-likeness (QED) is 0.674. The monoisotopic (exact) mass is 336 g/mol. The number of halogens is 1. The normalized spacial score (nSPS) is 12.5. The highest BCUT2D eigenvalue weighted by atomic mass is 79.9. The summed E-state index contributed by atoms with van der Waals surface area (Å²) >= 11 is 3.18. The van der Waals surface area contributed by atoms with Crippen LogP contribution in [0.3, 0.4) is 0 Å². The van der Waals surface area contributed by atoms with Crippen LogP contribution < -0.4 is 5.43 Å². The van der Waals surface area contributed by atoms with Crippen molar-refractivity contribution >= 4 is 28.1 Å². The Morgan fingerprint density at radius 2 is 2.10 bits per heavy atom. The molecule has 0 saturated heterocycles. The van der Waals surface area contributed by atoms with E-state index in [-0.39, 0.29) is 5.91 Å². The average Bonchev–Trinajstić information content (AvgIpc) is 2.86. The molecule has 5 nitrogen and oxygen atoms in total. The van der Waals surface area contributed by atoms with Crippen LogP contribution in [0.15, 0.2) is 56.7 Å². The molecule has 0 spiro atoms. The van der Waals surface area contributed by atoms with E-state index in [2.05, 4.69) is 26.5 Å². The molecule has 1 heterocycles. The number of hydrazone groups is 1. The second-order valence-corrected chi connectivity index (χ2v) is 4.68. The van der Waals surface area contributed by atoms with Crippen LogP contribution in [0.1, 0.15) is 17.4 Å². The molecule has 20 heavy (non-hydrogen) atoms. The van der Waals surface area contributed by atoms with Gasteiger partial charge in [-0.2, -0.15) is 5.10 Å². The van der Waals surface area contributed by atoms with Gasteiger partial charge in [0.25, 0.3) is 5.91 Å². The molecule has 1 amide bonds. The highest BCUT2D eigenvalue weighted by molar-refractivity contribution is 9.10. The van der Waals surface area contributed by atoms with E-state index in [1.807, 2.05) is 30.3 Å². The highest BCUT2D eigenvalue weighted by Crippen LogP contribution is 2.16. The predicted octanol–water partition coefficient (Wildman–Crippen LogP) is 2.88. The molecule has 0 aliphatic heterocycles. The first-order valence-electron chi connectivity index (χ1n) is 5.86. The van der Waals surface area contributed by atoms with Gasteiger partial charge in [-0.3, -0.25) is 4.79 Å². The molecule has 0 aliphatic rings. The molecule has 1 N–H and O–H groups in total. The first-order valence-corrected chi connectivity index (χ1v) is 6.66. The number of hydrogen-bond acceptors (Lipinski definition) is 4. The van der Waals surface area contributed by atoms with E-state index in [0.29, 0.717) is 10.4 Å². The lowest BCUT2D eigenvalue weighted by Gasteiger charge is -2.13. The number of rotatable bonds is 5. The Bertz CT molecular complexity index is 595. The van der Waals surface area contributed by atoms with Gasteiger partial charge in [-0.05, 0) is 33.6 Å². The lowest BCUT2D eigenvalue weighted by Crippen LogP contribution is -2.26. The lowest BCUT2D eigenvalue weighted by atomic mass is 10.1. The van der Waals surface area contributed by atoms with Gasteiger partial charge in [0.05, 0.1) is 6.21 Å². The smallest absolute Gasteiger partial charge is 0.273 e. The number of methoxy groups -OCH3 is 1. The summed E-state index contributed by atoms with van der Waals surface area (Å²) in [5.41, 5.74) is 3.19. The summed E-state index contributed by atoms with van der Waals surface area (Å²) in [4.78, 5) is 12.0. The zero-order valence-electron chi connectivity index (χ0n) is 10.7. The van der Waals surface area contributed by atoms with Crippen molar-refractivity contribution in [3.8, 4) is 0 Å². The van der Waals surface area contributed by atoms with Gasteiger partial charge in [0.15, 0.2) is 10.8 Å². The van der Waals surface area contributed by atoms with Gasteiger partial charge >= 0.3 is 0 Å². The number of furan rings is 1. The Morgan fingerprint density at radius 1 is 1.35 bits per heavy atom. The summed E-state index contributed by atoms with van der Waals surface area (Å²) in [7, 11) is 1.48. The third-order valence-electron chi connectivity index (χ3n) is 2.54. The first-order chi connectivity index (χ1) is 9.70. The molecule has 0 fully saturated rings. The number of carbonyl (C=O) groups is 1. The summed E-state index contributed by atoms with van der Waals surface area (Å²) in [6, 6.07) is 12.7. The Kier molecular flexibility index (Phi) is 5.09. The van der Waals surface area contributed by atoms with Gasteiger partial charge in [-0.15, -0.1) is 0 Å². The number of amides is 1. The molecule has 0 bridgehead atoms. The van der Waals surface area contributed by atoms with Crippen LogP contribution in [0.4, 0.5) is 0 Å². The van der Waals surface area contributed by atoms with Crippen LogP contribution in [0.2, 0.25) is 0 Å². The summed E-state index contributed by atoms with van der Waals surface area (Å²) < 4.78 is 11.0. The van der Waals surface area contributed by atoms with Crippen LogP contribution in [0.25, 0.3) is 0 Å². The standard InChI is InChI=1S/C14H13BrN2O3/c1-19-13(10-5-3-2-4-6-10)14(18)17-16-9-11-7-8-12(15)20-11/h2-9,13H,1H3,(H,17,18)/b16-9-/t13-/m1/s1. The van der Waals surface area contributed by atoms with Crippen molar-refractivity contribution < 1.29 is 13.9 Å². The molecule has 0 unspecified atom stereocenters. The number of carbonyl (C=O) groups excluding carboxylic acids is 1. The molecule has 2 rings (SSSR count). The molecule has 0 aliphatic carbocycles. The van der Waals surface area contributed by atoms with Crippen LogP contribution in [-0.4, -0.2) is 19.2 Å². The van der Waals surface area contributed by atoms with E-state index in [1.54, 1.807) is 12.1 Å². The number of ether oxygens (including phenoxy) is 1. The number of nitrogens with one attached hydrogen (secondary N) is 1. The van der Waals surface area contributed by atoms with E-state index >= 15 is 0 Å². The minimum atomic E-state index is -0.698. The maximum absolute atomic E-state index is 12.0. The summed E-state index contributed by atoms with van der Waals surface area (Å²) in [5, 5.41) is 3.83. The maximum atomic E-state index is 12.0. The molecule has 0 saturated carbocycles. The Labute approximate surface area is 124 Å². The van der Waals surface area contributed by atoms with Crippen molar-refractivity contribution in [2.75, 3.05) is 7.11 Å². The zero-order valence-corrected chi connectivity index (χ0v) is 12.3. The van der Waals surface area contributed by atoms with E-state index < -0.39 is 6.10 Å². The third kappa shape index (κ3) is 3.79. The van der Waals surface area contributed by atoms with Gasteiger partial charge in [0.2, 0.25) is 0 Å². The molecule has 1 atom stereocenters. The minimum absolute atomic E-state index is 0.347. The SMILES string of the molecule is CO[C@@H](C(=O)N/N=C\c1ccc(Br)o1)c1ccccc1. The lowest BCUT2D eigenvalue weighted by molar-refractivity contribution is -0.131. The molecule has 104 valence electrons. The van der Waals surface area contributed by atoms with Gasteiger partial charge < -0.3 is 9.15 Å². The fourth-order valence-corrected chi connectivity index (χ4v) is 1.96. The Hall–Kier alpha value is -1.92. The third-order valence-corrected chi connectivity index (χ3v) is 2.96. The highest BCUT2D eigenvalue weighted by Gasteiger charge is 2.19. The fourth-order valence-electron chi connectivity index (χ4n) is 1.64. The maximum Gasteiger partial charge on any atom is 0.273 e.